The van der Waals surface area contributed by atoms with Gasteiger partial charge in [0.1, 0.15) is 5.75 Å². The lowest BCUT2D eigenvalue weighted by Crippen LogP contribution is -2.47. The summed E-state index contributed by atoms with van der Waals surface area (Å²) in [7, 11) is 1.80. The predicted octanol–water partition coefficient (Wildman–Crippen LogP) is 3.60. The Morgan fingerprint density at radius 1 is 1.07 bits per heavy atom. The molecule has 2 unspecified atom stereocenters. The van der Waals surface area contributed by atoms with Gasteiger partial charge in [-0.15, -0.1) is 24.0 Å². The summed E-state index contributed by atoms with van der Waals surface area (Å²) in [5.74, 6) is 2.84. The van der Waals surface area contributed by atoms with Crippen LogP contribution in [0.3, 0.4) is 0 Å². The first-order valence-corrected chi connectivity index (χ1v) is 11.2. The molecule has 30 heavy (non-hydrogen) atoms. The molecule has 1 aromatic rings. The van der Waals surface area contributed by atoms with E-state index in [-0.39, 0.29) is 41.8 Å². The van der Waals surface area contributed by atoms with E-state index in [1.54, 1.807) is 7.05 Å². The number of rotatable bonds is 8. The highest BCUT2D eigenvalue weighted by Gasteiger charge is 2.31. The molecule has 3 fully saturated rings. The van der Waals surface area contributed by atoms with Crippen molar-refractivity contribution in [2.24, 2.45) is 16.8 Å². The molecule has 3 N–H and O–H groups in total. The van der Waals surface area contributed by atoms with Crippen LogP contribution in [0.25, 0.3) is 0 Å². The maximum absolute atomic E-state index is 12.4. The average molecular weight is 526 g/mol. The number of nitrogens with one attached hydrogen (secondary N) is 3. The van der Waals surface area contributed by atoms with Crippen LogP contribution in [-0.2, 0) is 11.3 Å². The first kappa shape index (κ1) is 23.2. The number of guanidine groups is 1. The first-order chi connectivity index (χ1) is 14.2. The number of carbonyl (C=O) groups excluding carboxylic acids is 1. The zero-order chi connectivity index (χ0) is 20.1. The van der Waals surface area contributed by atoms with E-state index in [9.17, 15) is 4.79 Å². The third-order valence-corrected chi connectivity index (χ3v) is 6.12. The summed E-state index contributed by atoms with van der Waals surface area (Å²) >= 11 is 0. The molecule has 6 nitrogen and oxygen atoms in total. The summed E-state index contributed by atoms with van der Waals surface area (Å²) in [5.41, 5.74) is 1.14. The van der Waals surface area contributed by atoms with E-state index in [2.05, 4.69) is 27.0 Å². The van der Waals surface area contributed by atoms with Gasteiger partial charge in [-0.1, -0.05) is 24.6 Å². The minimum Gasteiger partial charge on any atom is -0.493 e. The maximum Gasteiger partial charge on any atom is 0.223 e. The molecule has 0 saturated heterocycles. The molecule has 0 aromatic heterocycles. The van der Waals surface area contributed by atoms with Gasteiger partial charge in [0.25, 0.3) is 0 Å². The van der Waals surface area contributed by atoms with Crippen molar-refractivity contribution in [2.45, 2.75) is 70.0 Å². The molecule has 3 saturated carbocycles. The van der Waals surface area contributed by atoms with Crippen molar-refractivity contribution in [3.63, 3.8) is 0 Å². The van der Waals surface area contributed by atoms with Gasteiger partial charge in [-0.25, -0.2) is 0 Å². The monoisotopic (exact) mass is 526 g/mol. The van der Waals surface area contributed by atoms with Crippen LogP contribution >= 0.6 is 24.0 Å². The van der Waals surface area contributed by atoms with E-state index in [0.717, 1.165) is 68.3 Å². The number of aliphatic imine (C=N–C) groups is 1. The van der Waals surface area contributed by atoms with Crippen molar-refractivity contribution >= 4 is 35.8 Å². The fraction of sp³-hybridized carbons (Fsp3) is 0.652. The van der Waals surface area contributed by atoms with E-state index in [0.29, 0.717) is 12.6 Å². The average Bonchev–Trinajstić information content (AvgIpc) is 3.66. The van der Waals surface area contributed by atoms with Crippen molar-refractivity contribution in [3.8, 4) is 5.75 Å². The molecular formula is C23H35IN4O2. The van der Waals surface area contributed by atoms with E-state index >= 15 is 0 Å². The summed E-state index contributed by atoms with van der Waals surface area (Å²) in [5, 5.41) is 10.1. The lowest BCUT2D eigenvalue weighted by molar-refractivity contribution is -0.126. The SMILES string of the molecule is CN=C(NCc1ccccc1OCC1CC1)NC1CCCC(C(=O)NC2CC2)C1.I. The smallest absolute Gasteiger partial charge is 0.223 e. The van der Waals surface area contributed by atoms with Gasteiger partial charge in [-0.05, 0) is 56.9 Å². The number of para-hydroxylation sites is 1. The van der Waals surface area contributed by atoms with Crippen LogP contribution in [0, 0.1) is 11.8 Å². The Labute approximate surface area is 197 Å². The van der Waals surface area contributed by atoms with Gasteiger partial charge in [0.05, 0.1) is 6.61 Å². The van der Waals surface area contributed by atoms with Crippen LogP contribution in [0.4, 0.5) is 0 Å². The Balaban J connectivity index is 0.00000256. The summed E-state index contributed by atoms with van der Waals surface area (Å²) in [6, 6.07) is 8.93. The molecule has 166 valence electrons. The molecule has 1 aromatic carbocycles. The minimum atomic E-state index is 0. The number of ether oxygens (including phenoxy) is 1. The highest BCUT2D eigenvalue weighted by Crippen LogP contribution is 2.30. The molecule has 0 radical (unpaired) electrons. The maximum atomic E-state index is 12.4. The van der Waals surface area contributed by atoms with E-state index in [4.69, 9.17) is 4.74 Å². The van der Waals surface area contributed by atoms with E-state index in [1.165, 1.54) is 12.8 Å². The Morgan fingerprint density at radius 2 is 1.87 bits per heavy atom. The Morgan fingerprint density at radius 3 is 2.60 bits per heavy atom. The topological polar surface area (TPSA) is 74.8 Å². The third-order valence-electron chi connectivity index (χ3n) is 6.12. The van der Waals surface area contributed by atoms with Crippen LogP contribution in [0.1, 0.15) is 56.9 Å². The minimum absolute atomic E-state index is 0. The van der Waals surface area contributed by atoms with Crippen LogP contribution in [0.5, 0.6) is 5.75 Å². The summed E-state index contributed by atoms with van der Waals surface area (Å²) < 4.78 is 6.01. The number of nitrogens with zero attached hydrogens (tertiary/aromatic N) is 1. The fourth-order valence-corrected chi connectivity index (χ4v) is 3.96. The quantitative estimate of drug-likeness (QED) is 0.275. The van der Waals surface area contributed by atoms with Gasteiger partial charge in [0.15, 0.2) is 5.96 Å². The number of amides is 1. The van der Waals surface area contributed by atoms with E-state index < -0.39 is 0 Å². The number of benzene rings is 1. The molecule has 1 amide bonds. The van der Waals surface area contributed by atoms with Gasteiger partial charge in [-0.3, -0.25) is 9.79 Å². The summed E-state index contributed by atoms with van der Waals surface area (Å²) in [6.45, 7) is 1.48. The molecule has 0 aliphatic heterocycles. The van der Waals surface area contributed by atoms with Crippen molar-refractivity contribution in [1.82, 2.24) is 16.0 Å². The lowest BCUT2D eigenvalue weighted by atomic mass is 9.85. The molecule has 4 rings (SSSR count). The van der Waals surface area contributed by atoms with Crippen LogP contribution in [0.15, 0.2) is 29.3 Å². The third kappa shape index (κ3) is 7.03. The van der Waals surface area contributed by atoms with Gasteiger partial charge >= 0.3 is 0 Å². The zero-order valence-corrected chi connectivity index (χ0v) is 20.2. The standard InChI is InChI=1S/C23H34N4O2.HI/c1-24-23(25-14-18-5-2-3-8-21(18)29-15-16-9-10-16)27-20-7-4-6-17(13-20)22(28)26-19-11-12-19;/h2-3,5,8,16-17,19-20H,4,6-7,9-15H2,1H3,(H,26,28)(H2,24,25,27);1H. The normalized spacial score (nSPS) is 23.8. The van der Waals surface area contributed by atoms with E-state index in [1.807, 2.05) is 18.2 Å². The molecule has 3 aliphatic carbocycles. The zero-order valence-electron chi connectivity index (χ0n) is 17.9. The summed E-state index contributed by atoms with van der Waals surface area (Å²) in [4.78, 5) is 16.8. The van der Waals surface area contributed by atoms with Crippen molar-refractivity contribution < 1.29 is 9.53 Å². The highest BCUT2D eigenvalue weighted by molar-refractivity contribution is 14.0. The lowest BCUT2D eigenvalue weighted by Gasteiger charge is -2.30. The largest absolute Gasteiger partial charge is 0.493 e. The Bertz CT molecular complexity index is 734. The first-order valence-electron chi connectivity index (χ1n) is 11.2. The molecule has 0 bridgehead atoms. The van der Waals surface area contributed by atoms with Crippen LogP contribution < -0.4 is 20.7 Å². The van der Waals surface area contributed by atoms with Crippen molar-refractivity contribution in [3.05, 3.63) is 29.8 Å². The highest BCUT2D eigenvalue weighted by atomic mass is 127. The van der Waals surface area contributed by atoms with Crippen LogP contribution in [-0.4, -0.2) is 37.6 Å². The molecule has 0 spiro atoms. The molecule has 0 heterocycles. The molecular weight excluding hydrogens is 491 g/mol. The molecule has 2 atom stereocenters. The number of halogens is 1. The van der Waals surface area contributed by atoms with Gasteiger partial charge in [0, 0.05) is 37.2 Å². The Kier molecular flexibility index (Phi) is 8.65. The molecule has 3 aliphatic rings. The summed E-state index contributed by atoms with van der Waals surface area (Å²) in [6.07, 6.45) is 8.89. The van der Waals surface area contributed by atoms with Gasteiger partial charge in [-0.2, -0.15) is 0 Å². The molecule has 7 heteroatoms. The number of hydrogen-bond acceptors (Lipinski definition) is 3. The Hall–Kier alpha value is -1.51. The number of hydrogen-bond donors (Lipinski definition) is 3. The van der Waals surface area contributed by atoms with Gasteiger partial charge in [0.2, 0.25) is 5.91 Å². The number of carbonyl (C=O) groups is 1. The van der Waals surface area contributed by atoms with Crippen molar-refractivity contribution in [1.29, 1.82) is 0 Å². The van der Waals surface area contributed by atoms with Crippen molar-refractivity contribution in [2.75, 3.05) is 13.7 Å². The second-order valence-corrected chi connectivity index (χ2v) is 8.78. The second-order valence-electron chi connectivity index (χ2n) is 8.78. The fourth-order valence-electron chi connectivity index (χ4n) is 3.96. The second kappa shape index (κ2) is 11.2. The predicted molar refractivity (Wildman–Crippen MR) is 130 cm³/mol. The van der Waals surface area contributed by atoms with Crippen LogP contribution in [0.2, 0.25) is 0 Å². The van der Waals surface area contributed by atoms with Gasteiger partial charge < -0.3 is 20.7 Å².